The maximum Gasteiger partial charge on any atom is 0.296 e. The number of hydrogen-bond donors (Lipinski definition) is 1. The number of morpholine rings is 1. The molecule has 3 aromatic rings. The van der Waals surface area contributed by atoms with Gasteiger partial charge < -0.3 is 15.0 Å². The Balaban J connectivity index is 1.61. The Morgan fingerprint density at radius 1 is 1.06 bits per heavy atom. The van der Waals surface area contributed by atoms with Gasteiger partial charge in [0, 0.05) is 17.6 Å². The molecule has 0 radical (unpaired) electrons. The van der Waals surface area contributed by atoms with Crippen LogP contribution in [0.25, 0.3) is 5.69 Å². The fourth-order valence-corrected chi connectivity index (χ4v) is 4.13. The third kappa shape index (κ3) is 4.40. The van der Waals surface area contributed by atoms with Gasteiger partial charge in [-0.3, -0.25) is 9.59 Å². The van der Waals surface area contributed by atoms with Crippen LogP contribution in [0.15, 0.2) is 53.0 Å². The lowest BCUT2D eigenvalue weighted by molar-refractivity contribution is -0.112. The summed E-state index contributed by atoms with van der Waals surface area (Å²) in [7, 11) is 0. The van der Waals surface area contributed by atoms with Gasteiger partial charge in [-0.1, -0.05) is 34.1 Å². The second-order valence-corrected chi connectivity index (χ2v) is 8.25. The number of Topliss-reactive ketones (excluding diaryl/α,β-unsaturated/α-hetero) is 1. The summed E-state index contributed by atoms with van der Waals surface area (Å²) in [5.41, 5.74) is 3.76. The molecule has 7 nitrogen and oxygen atoms in total. The van der Waals surface area contributed by atoms with Gasteiger partial charge in [-0.05, 0) is 44.2 Å². The van der Waals surface area contributed by atoms with Crippen molar-refractivity contribution in [1.82, 2.24) is 9.78 Å². The second kappa shape index (κ2) is 9.03. The number of hydrogen-bond acceptors (Lipinski definition) is 5. The Hall–Kier alpha value is -2.97. The lowest BCUT2D eigenvalue weighted by Gasteiger charge is -2.30. The molecule has 0 saturated carbocycles. The van der Waals surface area contributed by atoms with Crippen LogP contribution < -0.4 is 10.2 Å². The molecule has 160 valence electrons. The average molecular weight is 483 g/mol. The van der Waals surface area contributed by atoms with Crippen LogP contribution in [0.1, 0.15) is 21.7 Å². The zero-order valence-electron chi connectivity index (χ0n) is 17.4. The summed E-state index contributed by atoms with van der Waals surface area (Å²) in [6.07, 6.45) is 0. The normalized spacial score (nSPS) is 13.8. The number of para-hydroxylation sites is 1. The van der Waals surface area contributed by atoms with Crippen molar-refractivity contribution in [2.45, 2.75) is 13.8 Å². The van der Waals surface area contributed by atoms with Gasteiger partial charge in [0.1, 0.15) is 0 Å². The Kier molecular flexibility index (Phi) is 6.20. The molecular weight excluding hydrogens is 460 g/mol. The first-order valence-electron chi connectivity index (χ1n) is 10.1. The van der Waals surface area contributed by atoms with Crippen molar-refractivity contribution in [1.29, 1.82) is 0 Å². The lowest BCUT2D eigenvalue weighted by Crippen LogP contribution is -2.37. The van der Waals surface area contributed by atoms with Crippen molar-refractivity contribution in [2.24, 2.45) is 0 Å². The van der Waals surface area contributed by atoms with E-state index < -0.39 is 11.7 Å². The van der Waals surface area contributed by atoms with Crippen LogP contribution in [0.2, 0.25) is 0 Å². The molecule has 1 amide bonds. The van der Waals surface area contributed by atoms with Gasteiger partial charge in [-0.2, -0.15) is 5.10 Å². The summed E-state index contributed by atoms with van der Waals surface area (Å²) in [5.74, 6) is -1.29. The number of nitrogens with one attached hydrogen (secondary N) is 1. The first kappa shape index (κ1) is 21.3. The fourth-order valence-electron chi connectivity index (χ4n) is 3.77. The molecule has 0 unspecified atom stereocenters. The SMILES string of the molecule is Cc1nn(-c2ccccc2)c(C)c1C(=O)C(=O)Nc1cc(Br)ccc1N1CCOCC1. The Morgan fingerprint density at radius 3 is 2.48 bits per heavy atom. The predicted octanol–water partition coefficient (Wildman–Crippen LogP) is 3.91. The Morgan fingerprint density at radius 2 is 1.77 bits per heavy atom. The number of aryl methyl sites for hydroxylation is 1. The van der Waals surface area contributed by atoms with E-state index in [0.29, 0.717) is 35.9 Å². The molecule has 1 fully saturated rings. The number of benzene rings is 2. The van der Waals surface area contributed by atoms with Gasteiger partial charge in [0.25, 0.3) is 11.7 Å². The molecule has 1 N–H and O–H groups in total. The van der Waals surface area contributed by atoms with E-state index in [2.05, 4.69) is 31.2 Å². The zero-order chi connectivity index (χ0) is 22.0. The van der Waals surface area contributed by atoms with Gasteiger partial charge in [-0.25, -0.2) is 4.68 Å². The van der Waals surface area contributed by atoms with E-state index in [1.807, 2.05) is 48.5 Å². The highest BCUT2D eigenvalue weighted by Gasteiger charge is 2.26. The minimum atomic E-state index is -0.688. The molecule has 0 bridgehead atoms. The topological polar surface area (TPSA) is 76.5 Å². The minimum absolute atomic E-state index is 0.323. The van der Waals surface area contributed by atoms with Crippen LogP contribution in [0, 0.1) is 13.8 Å². The second-order valence-electron chi connectivity index (χ2n) is 7.34. The summed E-state index contributed by atoms with van der Waals surface area (Å²) in [5, 5.41) is 7.29. The van der Waals surface area contributed by atoms with Crippen molar-refractivity contribution >= 4 is 39.0 Å². The molecule has 4 rings (SSSR count). The third-order valence-electron chi connectivity index (χ3n) is 5.28. The number of ether oxygens (including phenoxy) is 1. The van der Waals surface area contributed by atoms with Crippen molar-refractivity contribution in [3.05, 3.63) is 70.0 Å². The summed E-state index contributed by atoms with van der Waals surface area (Å²) in [6, 6.07) is 15.2. The monoisotopic (exact) mass is 482 g/mol. The molecule has 0 atom stereocenters. The van der Waals surface area contributed by atoms with Crippen molar-refractivity contribution in [2.75, 3.05) is 36.5 Å². The molecule has 1 aromatic heterocycles. The van der Waals surface area contributed by atoms with E-state index >= 15 is 0 Å². The van der Waals surface area contributed by atoms with Crippen LogP contribution in [-0.2, 0) is 9.53 Å². The number of amides is 1. The third-order valence-corrected chi connectivity index (χ3v) is 5.78. The molecule has 1 saturated heterocycles. The summed E-state index contributed by atoms with van der Waals surface area (Å²) in [4.78, 5) is 28.2. The number of rotatable bonds is 5. The van der Waals surface area contributed by atoms with E-state index in [9.17, 15) is 9.59 Å². The lowest BCUT2D eigenvalue weighted by atomic mass is 10.1. The van der Waals surface area contributed by atoms with Gasteiger partial charge in [0.15, 0.2) is 0 Å². The highest BCUT2D eigenvalue weighted by atomic mass is 79.9. The molecule has 2 aromatic carbocycles. The molecule has 2 heterocycles. The van der Waals surface area contributed by atoms with Crippen LogP contribution in [-0.4, -0.2) is 47.8 Å². The van der Waals surface area contributed by atoms with Crippen LogP contribution in [0.4, 0.5) is 11.4 Å². The first-order chi connectivity index (χ1) is 15.0. The van der Waals surface area contributed by atoms with E-state index in [1.54, 1.807) is 18.5 Å². The summed E-state index contributed by atoms with van der Waals surface area (Å²) >= 11 is 3.45. The number of ketones is 1. The highest BCUT2D eigenvalue weighted by Crippen LogP contribution is 2.30. The van der Waals surface area contributed by atoms with Crippen LogP contribution in [0.5, 0.6) is 0 Å². The van der Waals surface area contributed by atoms with Gasteiger partial charge in [0.2, 0.25) is 0 Å². The largest absolute Gasteiger partial charge is 0.378 e. The molecule has 1 aliphatic heterocycles. The van der Waals surface area contributed by atoms with E-state index in [-0.39, 0.29) is 0 Å². The first-order valence-corrected chi connectivity index (χ1v) is 10.8. The number of anilines is 2. The van der Waals surface area contributed by atoms with E-state index in [0.717, 1.165) is 28.9 Å². The summed E-state index contributed by atoms with van der Waals surface area (Å²) < 4.78 is 7.93. The van der Waals surface area contributed by atoms with Gasteiger partial charge >= 0.3 is 0 Å². The molecule has 1 aliphatic rings. The Labute approximate surface area is 189 Å². The quantitative estimate of drug-likeness (QED) is 0.440. The fraction of sp³-hybridized carbons (Fsp3) is 0.261. The maximum absolute atomic E-state index is 13.1. The number of aromatic nitrogens is 2. The predicted molar refractivity (Wildman–Crippen MR) is 123 cm³/mol. The van der Waals surface area contributed by atoms with Crippen LogP contribution >= 0.6 is 15.9 Å². The van der Waals surface area contributed by atoms with Gasteiger partial charge in [-0.15, -0.1) is 0 Å². The van der Waals surface area contributed by atoms with Crippen molar-refractivity contribution in [3.8, 4) is 5.69 Å². The molecule has 0 spiro atoms. The average Bonchev–Trinajstić information content (AvgIpc) is 3.08. The molecular formula is C23H23BrN4O3. The Bertz CT molecular complexity index is 1120. The minimum Gasteiger partial charge on any atom is -0.378 e. The van der Waals surface area contributed by atoms with Gasteiger partial charge in [0.05, 0.1) is 47.2 Å². The van der Waals surface area contributed by atoms with Crippen molar-refractivity contribution < 1.29 is 14.3 Å². The molecule has 8 heteroatoms. The molecule has 31 heavy (non-hydrogen) atoms. The smallest absolute Gasteiger partial charge is 0.296 e. The maximum atomic E-state index is 13.1. The van der Waals surface area contributed by atoms with Crippen LogP contribution in [0.3, 0.4) is 0 Å². The number of nitrogens with zero attached hydrogens (tertiary/aromatic N) is 3. The number of carbonyl (C=O) groups is 2. The standard InChI is InChI=1S/C23H23BrN4O3/c1-15-21(16(2)28(26-15)18-6-4-3-5-7-18)22(29)23(30)25-19-14-17(24)8-9-20(19)27-10-12-31-13-11-27/h3-9,14H,10-13H2,1-2H3,(H,25,30). The van der Waals surface area contributed by atoms with E-state index in [1.165, 1.54) is 0 Å². The molecule has 0 aliphatic carbocycles. The summed E-state index contributed by atoms with van der Waals surface area (Å²) in [6.45, 7) is 6.23. The highest BCUT2D eigenvalue weighted by molar-refractivity contribution is 9.10. The number of halogens is 1. The van der Waals surface area contributed by atoms with Crippen molar-refractivity contribution in [3.63, 3.8) is 0 Å². The number of carbonyl (C=O) groups excluding carboxylic acids is 2. The zero-order valence-corrected chi connectivity index (χ0v) is 19.0. The van der Waals surface area contributed by atoms with E-state index in [4.69, 9.17) is 4.74 Å².